The highest BCUT2D eigenvalue weighted by atomic mass is 16.5. The van der Waals surface area contributed by atoms with Gasteiger partial charge in [-0.15, -0.1) is 0 Å². The lowest BCUT2D eigenvalue weighted by molar-refractivity contribution is 0.0876. The van der Waals surface area contributed by atoms with Gasteiger partial charge in [-0.25, -0.2) is 10.9 Å². The summed E-state index contributed by atoms with van der Waals surface area (Å²) in [7, 11) is 0. The third-order valence-electron chi connectivity index (χ3n) is 5.82. The smallest absolute Gasteiger partial charge is 0.255 e. The lowest BCUT2D eigenvalue weighted by Gasteiger charge is -2.36. The number of hydrogen-bond acceptors (Lipinski definition) is 5. The number of benzene rings is 2. The van der Waals surface area contributed by atoms with Crippen molar-refractivity contribution in [1.82, 2.24) is 21.1 Å². The molecule has 6 heteroatoms. The molecule has 0 radical (unpaired) electrons. The minimum Gasteiger partial charge on any atom is -0.493 e. The Labute approximate surface area is 172 Å². The van der Waals surface area contributed by atoms with Crippen LogP contribution in [0.5, 0.6) is 5.75 Å². The number of para-hydroxylation sites is 1. The molecule has 6 nitrogen and oxygen atoms in total. The van der Waals surface area contributed by atoms with Crippen molar-refractivity contribution in [2.24, 2.45) is 0 Å². The maximum absolute atomic E-state index is 12.7. The molecule has 1 amide bonds. The molecule has 0 bridgehead atoms. The number of carbonyl (C=O) groups is 1. The molecular formula is C23H30N4O2. The molecule has 154 valence electrons. The number of hydrazine groups is 1. The number of rotatable bonds is 6. The van der Waals surface area contributed by atoms with Crippen molar-refractivity contribution in [3.05, 3.63) is 65.7 Å². The Kier molecular flexibility index (Phi) is 6.44. The van der Waals surface area contributed by atoms with Gasteiger partial charge < -0.3 is 10.1 Å². The van der Waals surface area contributed by atoms with Crippen LogP contribution in [0.25, 0.3) is 0 Å². The number of likely N-dealkylation sites (tertiary alicyclic amines) is 1. The number of amides is 1. The lowest BCUT2D eigenvalue weighted by atomic mass is 10.0. The van der Waals surface area contributed by atoms with Crippen molar-refractivity contribution in [1.29, 1.82) is 0 Å². The van der Waals surface area contributed by atoms with Crippen LogP contribution in [0, 0.1) is 0 Å². The average molecular weight is 395 g/mol. The summed E-state index contributed by atoms with van der Waals surface area (Å²) in [4.78, 5) is 15.2. The van der Waals surface area contributed by atoms with Gasteiger partial charge in [0, 0.05) is 25.2 Å². The molecule has 2 saturated heterocycles. The van der Waals surface area contributed by atoms with Gasteiger partial charge in [-0.1, -0.05) is 42.5 Å². The largest absolute Gasteiger partial charge is 0.493 e. The van der Waals surface area contributed by atoms with E-state index >= 15 is 0 Å². The molecule has 2 atom stereocenters. The van der Waals surface area contributed by atoms with E-state index in [0.29, 0.717) is 30.1 Å². The quantitative estimate of drug-likeness (QED) is 0.703. The number of carbonyl (C=O) groups excluding carboxylic acids is 1. The molecule has 3 N–H and O–H groups in total. The van der Waals surface area contributed by atoms with Crippen molar-refractivity contribution in [2.45, 2.75) is 44.4 Å². The van der Waals surface area contributed by atoms with Gasteiger partial charge >= 0.3 is 0 Å². The summed E-state index contributed by atoms with van der Waals surface area (Å²) in [5.74, 6) is 0.607. The number of nitrogens with zero attached hydrogens (tertiary/aromatic N) is 1. The van der Waals surface area contributed by atoms with Crippen LogP contribution in [0.3, 0.4) is 0 Å². The Morgan fingerprint density at radius 2 is 1.79 bits per heavy atom. The Morgan fingerprint density at radius 1 is 1.07 bits per heavy atom. The van der Waals surface area contributed by atoms with E-state index in [1.165, 1.54) is 5.56 Å². The van der Waals surface area contributed by atoms with Crippen LogP contribution in [-0.4, -0.2) is 42.7 Å². The fourth-order valence-corrected chi connectivity index (χ4v) is 4.24. The van der Waals surface area contributed by atoms with Crippen molar-refractivity contribution in [2.75, 3.05) is 19.7 Å². The predicted octanol–water partition coefficient (Wildman–Crippen LogP) is 2.84. The van der Waals surface area contributed by atoms with E-state index in [1.54, 1.807) is 0 Å². The molecule has 2 aliphatic heterocycles. The molecule has 2 fully saturated rings. The first-order valence-corrected chi connectivity index (χ1v) is 10.6. The fraction of sp³-hybridized carbons (Fsp3) is 0.435. The van der Waals surface area contributed by atoms with Crippen LogP contribution >= 0.6 is 0 Å². The first kappa shape index (κ1) is 19.9. The SMILES string of the molecule is CCOc1ccccc1C(=O)NC1CCN(C2CC(c3ccccc3)NN2)CC1. The van der Waals surface area contributed by atoms with Crippen LogP contribution in [0.15, 0.2) is 54.6 Å². The zero-order valence-corrected chi connectivity index (χ0v) is 16.9. The number of nitrogens with one attached hydrogen (secondary N) is 3. The first-order valence-electron chi connectivity index (χ1n) is 10.6. The maximum atomic E-state index is 12.7. The molecule has 2 heterocycles. The topological polar surface area (TPSA) is 65.6 Å². The molecule has 0 aromatic heterocycles. The van der Waals surface area contributed by atoms with E-state index in [1.807, 2.05) is 31.2 Å². The molecule has 2 aromatic carbocycles. The summed E-state index contributed by atoms with van der Waals surface area (Å²) in [6.07, 6.45) is 3.28. The minimum atomic E-state index is -0.0442. The third-order valence-corrected chi connectivity index (χ3v) is 5.82. The summed E-state index contributed by atoms with van der Waals surface area (Å²) in [6, 6.07) is 18.6. The Morgan fingerprint density at radius 3 is 2.55 bits per heavy atom. The maximum Gasteiger partial charge on any atom is 0.255 e. The van der Waals surface area contributed by atoms with Gasteiger partial charge in [-0.3, -0.25) is 9.69 Å². The second-order valence-electron chi connectivity index (χ2n) is 7.72. The normalized spacial score (nSPS) is 23.1. The molecule has 29 heavy (non-hydrogen) atoms. The van der Waals surface area contributed by atoms with E-state index in [9.17, 15) is 4.79 Å². The predicted molar refractivity (Wildman–Crippen MR) is 114 cm³/mol. The molecule has 2 aromatic rings. The Bertz CT molecular complexity index is 806. The molecule has 0 aliphatic carbocycles. The van der Waals surface area contributed by atoms with Crippen LogP contribution in [0.2, 0.25) is 0 Å². The molecule has 0 saturated carbocycles. The van der Waals surface area contributed by atoms with E-state index in [0.717, 1.165) is 32.4 Å². The summed E-state index contributed by atoms with van der Waals surface area (Å²) >= 11 is 0. The lowest BCUT2D eigenvalue weighted by Crippen LogP contribution is -2.51. The van der Waals surface area contributed by atoms with E-state index in [2.05, 4.69) is 51.4 Å². The average Bonchev–Trinajstić information content (AvgIpc) is 3.26. The van der Waals surface area contributed by atoms with E-state index in [-0.39, 0.29) is 11.9 Å². The fourth-order valence-electron chi connectivity index (χ4n) is 4.24. The van der Waals surface area contributed by atoms with Gasteiger partial charge in [-0.2, -0.15) is 0 Å². The van der Waals surface area contributed by atoms with Crippen molar-refractivity contribution in [3.8, 4) is 5.75 Å². The second-order valence-corrected chi connectivity index (χ2v) is 7.72. The van der Waals surface area contributed by atoms with E-state index in [4.69, 9.17) is 4.74 Å². The van der Waals surface area contributed by atoms with Gasteiger partial charge in [-0.05, 0) is 43.9 Å². The van der Waals surface area contributed by atoms with Crippen molar-refractivity contribution < 1.29 is 9.53 Å². The molecule has 4 rings (SSSR count). The van der Waals surface area contributed by atoms with Crippen LogP contribution < -0.4 is 20.9 Å². The number of piperidine rings is 1. The third kappa shape index (κ3) is 4.78. The van der Waals surface area contributed by atoms with Gasteiger partial charge in [0.25, 0.3) is 5.91 Å². The standard InChI is InChI=1S/C23H30N4O2/c1-2-29-21-11-7-6-10-19(21)23(28)24-18-12-14-27(15-13-18)22-16-20(25-26-22)17-8-4-3-5-9-17/h3-11,18,20,22,25-26H,2,12-16H2,1H3,(H,24,28). The number of hydrogen-bond donors (Lipinski definition) is 3. The van der Waals surface area contributed by atoms with Gasteiger partial charge in [0.15, 0.2) is 0 Å². The van der Waals surface area contributed by atoms with Gasteiger partial charge in [0.1, 0.15) is 5.75 Å². The number of ether oxygens (including phenoxy) is 1. The van der Waals surface area contributed by atoms with Gasteiger partial charge in [0.05, 0.1) is 18.3 Å². The summed E-state index contributed by atoms with van der Waals surface area (Å²) in [6.45, 7) is 4.42. The van der Waals surface area contributed by atoms with Crippen LogP contribution in [0.1, 0.15) is 48.1 Å². The Balaban J connectivity index is 1.27. The highest BCUT2D eigenvalue weighted by Gasteiger charge is 2.32. The monoisotopic (exact) mass is 394 g/mol. The second kappa shape index (κ2) is 9.39. The minimum absolute atomic E-state index is 0.0442. The van der Waals surface area contributed by atoms with Crippen molar-refractivity contribution >= 4 is 5.91 Å². The summed E-state index contributed by atoms with van der Waals surface area (Å²) in [5, 5.41) is 3.20. The van der Waals surface area contributed by atoms with Gasteiger partial charge in [0.2, 0.25) is 0 Å². The summed E-state index contributed by atoms with van der Waals surface area (Å²) in [5.41, 5.74) is 8.81. The van der Waals surface area contributed by atoms with Crippen LogP contribution in [0.4, 0.5) is 0 Å². The highest BCUT2D eigenvalue weighted by molar-refractivity contribution is 5.97. The van der Waals surface area contributed by atoms with Crippen LogP contribution in [-0.2, 0) is 0 Å². The molecule has 2 unspecified atom stereocenters. The first-order chi connectivity index (χ1) is 14.2. The zero-order chi connectivity index (χ0) is 20.1. The highest BCUT2D eigenvalue weighted by Crippen LogP contribution is 2.26. The van der Waals surface area contributed by atoms with E-state index < -0.39 is 0 Å². The molecular weight excluding hydrogens is 364 g/mol. The van der Waals surface area contributed by atoms with Crippen molar-refractivity contribution in [3.63, 3.8) is 0 Å². The molecule has 2 aliphatic rings. The molecule has 0 spiro atoms. The summed E-state index contributed by atoms with van der Waals surface area (Å²) < 4.78 is 5.59. The Hall–Kier alpha value is -2.41. The zero-order valence-electron chi connectivity index (χ0n) is 16.9.